The highest BCUT2D eigenvalue weighted by atomic mass is 35.5. The molecule has 7 heteroatoms. The molecule has 0 aliphatic rings. The van der Waals surface area contributed by atoms with Gasteiger partial charge in [-0.05, 0) is 55.2 Å². The third-order valence-electron chi connectivity index (χ3n) is 4.55. The van der Waals surface area contributed by atoms with E-state index in [1.54, 1.807) is 24.3 Å². The fourth-order valence-corrected chi connectivity index (χ4v) is 4.01. The smallest absolute Gasteiger partial charge is 0.232 e. The van der Waals surface area contributed by atoms with Crippen LogP contribution < -0.4 is 9.62 Å². The summed E-state index contributed by atoms with van der Waals surface area (Å²) in [6.45, 7) is 4.27. The Labute approximate surface area is 172 Å². The summed E-state index contributed by atoms with van der Waals surface area (Å²) in [6.07, 6.45) is 2.80. The molecule has 1 atom stereocenters. The van der Waals surface area contributed by atoms with Crippen LogP contribution >= 0.6 is 11.6 Å². The molecular formula is C21H27ClN2O3S. The molecular weight excluding hydrogens is 396 g/mol. The molecule has 2 aromatic rings. The van der Waals surface area contributed by atoms with Crippen LogP contribution in [-0.4, -0.2) is 27.1 Å². The monoisotopic (exact) mass is 422 g/mol. The van der Waals surface area contributed by atoms with Crippen molar-refractivity contribution in [2.24, 2.45) is 0 Å². The van der Waals surface area contributed by atoms with Crippen LogP contribution in [0.1, 0.15) is 43.9 Å². The lowest BCUT2D eigenvalue weighted by molar-refractivity contribution is -0.121. The van der Waals surface area contributed by atoms with Crippen LogP contribution in [-0.2, 0) is 21.2 Å². The number of sulfonamides is 1. The number of rotatable bonds is 9. The number of halogens is 1. The SMILES string of the molecule is CCc1ccc(C(C)NC(=O)CCCN(c2ccc(Cl)cc2)S(C)(=O)=O)cc1. The van der Waals surface area contributed by atoms with Gasteiger partial charge in [0.25, 0.3) is 0 Å². The lowest BCUT2D eigenvalue weighted by Crippen LogP contribution is -2.32. The van der Waals surface area contributed by atoms with E-state index in [2.05, 4.69) is 24.4 Å². The second-order valence-corrected chi connectivity index (χ2v) is 9.14. The van der Waals surface area contributed by atoms with Crippen LogP contribution in [0, 0.1) is 0 Å². The highest BCUT2D eigenvalue weighted by molar-refractivity contribution is 7.92. The van der Waals surface area contributed by atoms with Crippen molar-refractivity contribution in [3.8, 4) is 0 Å². The van der Waals surface area contributed by atoms with E-state index in [1.165, 1.54) is 9.87 Å². The third kappa shape index (κ3) is 6.53. The summed E-state index contributed by atoms with van der Waals surface area (Å²) in [5.41, 5.74) is 2.84. The average molecular weight is 423 g/mol. The van der Waals surface area contributed by atoms with Gasteiger partial charge in [0, 0.05) is 18.0 Å². The number of aryl methyl sites for hydroxylation is 1. The third-order valence-corrected chi connectivity index (χ3v) is 5.99. The van der Waals surface area contributed by atoms with Gasteiger partial charge in [0.1, 0.15) is 0 Å². The molecule has 0 heterocycles. The molecule has 1 amide bonds. The van der Waals surface area contributed by atoms with Crippen molar-refractivity contribution < 1.29 is 13.2 Å². The molecule has 0 aliphatic carbocycles. The fourth-order valence-electron chi connectivity index (χ4n) is 2.92. The van der Waals surface area contributed by atoms with Crippen molar-refractivity contribution in [2.45, 2.75) is 39.2 Å². The summed E-state index contributed by atoms with van der Waals surface area (Å²) in [7, 11) is -3.44. The lowest BCUT2D eigenvalue weighted by Gasteiger charge is -2.22. The van der Waals surface area contributed by atoms with Gasteiger partial charge in [0.05, 0.1) is 18.0 Å². The van der Waals surface area contributed by atoms with Crippen LogP contribution in [0.25, 0.3) is 0 Å². The molecule has 2 rings (SSSR count). The van der Waals surface area contributed by atoms with Crippen LogP contribution in [0.5, 0.6) is 0 Å². The second kappa shape index (κ2) is 9.94. The minimum atomic E-state index is -3.44. The largest absolute Gasteiger partial charge is 0.350 e. The first-order valence-corrected chi connectivity index (χ1v) is 11.5. The van der Waals surface area contributed by atoms with E-state index in [0.717, 1.165) is 18.2 Å². The van der Waals surface area contributed by atoms with Gasteiger partial charge in [0.15, 0.2) is 0 Å². The van der Waals surface area contributed by atoms with Crippen molar-refractivity contribution >= 4 is 33.2 Å². The Bertz CT molecular complexity index is 881. The number of hydrogen-bond acceptors (Lipinski definition) is 3. The Morgan fingerprint density at radius 3 is 2.25 bits per heavy atom. The highest BCUT2D eigenvalue weighted by Crippen LogP contribution is 2.21. The Kier molecular flexibility index (Phi) is 7.89. The molecule has 0 aliphatic heterocycles. The summed E-state index contributed by atoms with van der Waals surface area (Å²) >= 11 is 5.87. The average Bonchev–Trinajstić information content (AvgIpc) is 2.65. The van der Waals surface area contributed by atoms with Gasteiger partial charge in [0.2, 0.25) is 15.9 Å². The first kappa shape index (κ1) is 22.2. The first-order chi connectivity index (χ1) is 13.2. The number of nitrogens with zero attached hydrogens (tertiary/aromatic N) is 1. The van der Waals surface area contributed by atoms with Gasteiger partial charge in [-0.25, -0.2) is 8.42 Å². The number of carbonyl (C=O) groups is 1. The molecule has 0 bridgehead atoms. The lowest BCUT2D eigenvalue weighted by atomic mass is 10.0. The number of hydrogen-bond donors (Lipinski definition) is 1. The molecule has 5 nitrogen and oxygen atoms in total. The Morgan fingerprint density at radius 2 is 1.71 bits per heavy atom. The minimum absolute atomic E-state index is 0.0966. The van der Waals surface area contributed by atoms with E-state index in [1.807, 2.05) is 19.1 Å². The van der Waals surface area contributed by atoms with Gasteiger partial charge in [-0.2, -0.15) is 0 Å². The molecule has 0 saturated heterocycles. The van der Waals surface area contributed by atoms with Crippen molar-refractivity contribution in [3.63, 3.8) is 0 Å². The second-order valence-electron chi connectivity index (χ2n) is 6.80. The molecule has 0 radical (unpaired) electrons. The summed E-state index contributed by atoms with van der Waals surface area (Å²) in [5, 5.41) is 3.51. The summed E-state index contributed by atoms with van der Waals surface area (Å²) in [6, 6.07) is 14.7. The van der Waals surface area contributed by atoms with Crippen LogP contribution in [0.15, 0.2) is 48.5 Å². The predicted molar refractivity (Wildman–Crippen MR) is 115 cm³/mol. The number of amides is 1. The fraction of sp³-hybridized carbons (Fsp3) is 0.381. The standard InChI is InChI=1S/C21H27ClN2O3S/c1-4-17-7-9-18(10-8-17)16(2)23-21(25)6-5-15-24(28(3,26)27)20-13-11-19(22)12-14-20/h7-14,16H,4-6,15H2,1-3H3,(H,23,25). The topological polar surface area (TPSA) is 66.5 Å². The van der Waals surface area contributed by atoms with Gasteiger partial charge < -0.3 is 5.32 Å². The Balaban J connectivity index is 1.90. The molecule has 0 spiro atoms. The zero-order valence-electron chi connectivity index (χ0n) is 16.5. The molecule has 0 fully saturated rings. The van der Waals surface area contributed by atoms with Crippen molar-refractivity contribution in [3.05, 3.63) is 64.7 Å². The number of benzene rings is 2. The zero-order valence-corrected chi connectivity index (χ0v) is 18.1. The van der Waals surface area contributed by atoms with E-state index >= 15 is 0 Å². The van der Waals surface area contributed by atoms with Gasteiger partial charge in [-0.3, -0.25) is 9.10 Å². The quantitative estimate of drug-likeness (QED) is 0.654. The summed E-state index contributed by atoms with van der Waals surface area (Å²) in [5.74, 6) is -0.100. The van der Waals surface area contributed by atoms with Gasteiger partial charge in [-0.1, -0.05) is 42.8 Å². The van der Waals surface area contributed by atoms with Gasteiger partial charge >= 0.3 is 0 Å². The van der Waals surface area contributed by atoms with E-state index in [-0.39, 0.29) is 24.9 Å². The Hall–Kier alpha value is -2.05. The van der Waals surface area contributed by atoms with Crippen LogP contribution in [0.4, 0.5) is 5.69 Å². The molecule has 152 valence electrons. The molecule has 2 aromatic carbocycles. The van der Waals surface area contributed by atoms with Crippen LogP contribution in [0.3, 0.4) is 0 Å². The van der Waals surface area contributed by atoms with Crippen LogP contribution in [0.2, 0.25) is 5.02 Å². The molecule has 1 N–H and O–H groups in total. The molecule has 1 unspecified atom stereocenters. The normalized spacial score (nSPS) is 12.4. The molecule has 0 aromatic heterocycles. The highest BCUT2D eigenvalue weighted by Gasteiger charge is 2.18. The van der Waals surface area contributed by atoms with Gasteiger partial charge in [-0.15, -0.1) is 0 Å². The Morgan fingerprint density at radius 1 is 1.11 bits per heavy atom. The maximum atomic E-state index is 12.3. The van der Waals surface area contributed by atoms with Crippen molar-refractivity contribution in [1.29, 1.82) is 0 Å². The summed E-state index contributed by atoms with van der Waals surface area (Å²) in [4.78, 5) is 12.3. The van der Waals surface area contributed by atoms with E-state index in [0.29, 0.717) is 17.1 Å². The number of carbonyl (C=O) groups excluding carboxylic acids is 1. The van der Waals surface area contributed by atoms with Crippen molar-refractivity contribution in [1.82, 2.24) is 5.32 Å². The first-order valence-electron chi connectivity index (χ1n) is 9.32. The summed E-state index contributed by atoms with van der Waals surface area (Å²) < 4.78 is 25.5. The van der Waals surface area contributed by atoms with E-state index < -0.39 is 10.0 Å². The van der Waals surface area contributed by atoms with E-state index in [9.17, 15) is 13.2 Å². The zero-order chi connectivity index (χ0) is 20.7. The number of anilines is 1. The predicted octanol–water partition coefficient (Wildman–Crippen LogP) is 4.33. The van der Waals surface area contributed by atoms with E-state index in [4.69, 9.17) is 11.6 Å². The maximum Gasteiger partial charge on any atom is 0.232 e. The number of nitrogens with one attached hydrogen (secondary N) is 1. The molecule has 28 heavy (non-hydrogen) atoms. The maximum absolute atomic E-state index is 12.3. The van der Waals surface area contributed by atoms with Crippen molar-refractivity contribution in [2.75, 3.05) is 17.1 Å². The minimum Gasteiger partial charge on any atom is -0.350 e. The molecule has 0 saturated carbocycles.